The van der Waals surface area contributed by atoms with Crippen molar-refractivity contribution in [2.45, 2.75) is 32.4 Å². The third kappa shape index (κ3) is 3.30. The summed E-state index contributed by atoms with van der Waals surface area (Å²) in [5.41, 5.74) is 7.11. The van der Waals surface area contributed by atoms with E-state index in [2.05, 4.69) is 32.2 Å². The van der Waals surface area contributed by atoms with Crippen molar-refractivity contribution >= 4 is 21.8 Å². The zero-order chi connectivity index (χ0) is 15.6. The molecule has 0 radical (unpaired) electrons. The first-order valence-electron chi connectivity index (χ1n) is 7.35. The van der Waals surface area contributed by atoms with Gasteiger partial charge in [0, 0.05) is 24.1 Å². The first-order chi connectivity index (χ1) is 9.89. The van der Waals surface area contributed by atoms with Crippen molar-refractivity contribution in [1.29, 1.82) is 0 Å². The van der Waals surface area contributed by atoms with Crippen LogP contribution in [0.15, 0.2) is 28.7 Å². The second-order valence-corrected chi connectivity index (χ2v) is 7.04. The second-order valence-electron chi connectivity index (χ2n) is 6.19. The zero-order valence-corrected chi connectivity index (χ0v) is 14.5. The normalized spacial score (nSPS) is 25.6. The standard InChI is InChI=1S/C16H24BrN3O/c1-11(18)14(12-6-4-5-7-13(12)17)20-9-8-16(2,10-20)15(21)19-3/h4-7,11,14H,8-10,18H2,1-3H3,(H,19,21). The molecule has 0 bridgehead atoms. The summed E-state index contributed by atoms with van der Waals surface area (Å²) in [5, 5.41) is 2.78. The predicted molar refractivity (Wildman–Crippen MR) is 88.9 cm³/mol. The number of amides is 1. The van der Waals surface area contributed by atoms with Crippen molar-refractivity contribution < 1.29 is 4.79 Å². The van der Waals surface area contributed by atoms with E-state index in [-0.39, 0.29) is 23.4 Å². The summed E-state index contributed by atoms with van der Waals surface area (Å²) < 4.78 is 1.07. The summed E-state index contributed by atoms with van der Waals surface area (Å²) in [7, 11) is 1.70. The van der Waals surface area contributed by atoms with Crippen molar-refractivity contribution in [3.63, 3.8) is 0 Å². The minimum absolute atomic E-state index is 0.00395. The molecule has 0 saturated carbocycles. The highest BCUT2D eigenvalue weighted by molar-refractivity contribution is 9.10. The van der Waals surface area contributed by atoms with Crippen LogP contribution in [0.2, 0.25) is 0 Å². The van der Waals surface area contributed by atoms with E-state index in [0.717, 1.165) is 24.0 Å². The van der Waals surface area contributed by atoms with E-state index >= 15 is 0 Å². The Morgan fingerprint density at radius 1 is 1.48 bits per heavy atom. The van der Waals surface area contributed by atoms with Gasteiger partial charge in [0.05, 0.1) is 11.5 Å². The molecule has 4 nitrogen and oxygen atoms in total. The SMILES string of the molecule is CNC(=O)C1(C)CCN(C(c2ccccc2Br)C(C)N)C1. The molecule has 3 atom stereocenters. The summed E-state index contributed by atoms with van der Waals surface area (Å²) in [6.07, 6.45) is 0.861. The van der Waals surface area contributed by atoms with E-state index in [1.165, 1.54) is 5.56 Å². The van der Waals surface area contributed by atoms with Crippen LogP contribution in [0, 0.1) is 5.41 Å². The Bertz CT molecular complexity index is 520. The Morgan fingerprint density at radius 2 is 2.14 bits per heavy atom. The predicted octanol–water partition coefficient (Wildman–Crippen LogP) is 2.30. The number of carbonyl (C=O) groups excluding carboxylic acids is 1. The molecule has 1 aliphatic heterocycles. The van der Waals surface area contributed by atoms with Crippen LogP contribution in [0.3, 0.4) is 0 Å². The average Bonchev–Trinajstić information content (AvgIpc) is 2.83. The molecule has 3 unspecified atom stereocenters. The lowest BCUT2D eigenvalue weighted by atomic mass is 9.88. The fourth-order valence-corrected chi connectivity index (χ4v) is 3.77. The van der Waals surface area contributed by atoms with Crippen molar-refractivity contribution in [3.8, 4) is 0 Å². The molecule has 0 spiro atoms. The highest BCUT2D eigenvalue weighted by atomic mass is 79.9. The summed E-state index contributed by atoms with van der Waals surface area (Å²) in [6.45, 7) is 5.68. The summed E-state index contributed by atoms with van der Waals surface area (Å²) in [5.74, 6) is 0.112. The number of nitrogens with two attached hydrogens (primary N) is 1. The Morgan fingerprint density at radius 3 is 2.71 bits per heavy atom. The number of hydrogen-bond acceptors (Lipinski definition) is 3. The van der Waals surface area contributed by atoms with Gasteiger partial charge in [-0.05, 0) is 38.4 Å². The molecule has 116 valence electrons. The van der Waals surface area contributed by atoms with Gasteiger partial charge in [-0.25, -0.2) is 0 Å². The Kier molecular flexibility index (Phi) is 5.07. The van der Waals surface area contributed by atoms with Crippen LogP contribution in [-0.2, 0) is 4.79 Å². The van der Waals surface area contributed by atoms with Crippen molar-refractivity contribution in [2.75, 3.05) is 20.1 Å². The number of likely N-dealkylation sites (tertiary alicyclic amines) is 1. The maximum absolute atomic E-state index is 12.1. The van der Waals surface area contributed by atoms with E-state index in [4.69, 9.17) is 5.73 Å². The van der Waals surface area contributed by atoms with Crippen LogP contribution in [-0.4, -0.2) is 37.0 Å². The van der Waals surface area contributed by atoms with Crippen LogP contribution in [0.1, 0.15) is 31.9 Å². The molecular weight excluding hydrogens is 330 g/mol. The quantitative estimate of drug-likeness (QED) is 0.872. The molecule has 5 heteroatoms. The van der Waals surface area contributed by atoms with Crippen LogP contribution in [0.25, 0.3) is 0 Å². The van der Waals surface area contributed by atoms with Crippen molar-refractivity contribution in [1.82, 2.24) is 10.2 Å². The van der Waals surface area contributed by atoms with E-state index in [9.17, 15) is 4.79 Å². The first kappa shape index (κ1) is 16.5. The van der Waals surface area contributed by atoms with Gasteiger partial charge < -0.3 is 11.1 Å². The lowest BCUT2D eigenvalue weighted by Crippen LogP contribution is -2.43. The van der Waals surface area contributed by atoms with Crippen LogP contribution < -0.4 is 11.1 Å². The van der Waals surface area contributed by atoms with Crippen LogP contribution >= 0.6 is 15.9 Å². The van der Waals surface area contributed by atoms with Gasteiger partial charge >= 0.3 is 0 Å². The summed E-state index contributed by atoms with van der Waals surface area (Å²) in [4.78, 5) is 14.4. The fourth-order valence-electron chi connectivity index (χ4n) is 3.25. The number of benzene rings is 1. The zero-order valence-electron chi connectivity index (χ0n) is 12.9. The van der Waals surface area contributed by atoms with Crippen molar-refractivity contribution in [3.05, 3.63) is 34.3 Å². The lowest BCUT2D eigenvalue weighted by molar-refractivity contribution is -0.129. The number of nitrogens with zero attached hydrogens (tertiary/aromatic N) is 1. The largest absolute Gasteiger partial charge is 0.359 e. The molecule has 1 fully saturated rings. The molecule has 1 aromatic rings. The van der Waals surface area contributed by atoms with Crippen LogP contribution in [0.5, 0.6) is 0 Å². The van der Waals surface area contributed by atoms with Gasteiger partial charge in [0.25, 0.3) is 0 Å². The van der Waals surface area contributed by atoms with E-state index in [0.29, 0.717) is 0 Å². The monoisotopic (exact) mass is 353 g/mol. The maximum atomic E-state index is 12.1. The minimum Gasteiger partial charge on any atom is -0.359 e. The molecule has 0 aliphatic carbocycles. The maximum Gasteiger partial charge on any atom is 0.227 e. The minimum atomic E-state index is -0.330. The molecule has 1 saturated heterocycles. The third-order valence-electron chi connectivity index (χ3n) is 4.39. The molecule has 21 heavy (non-hydrogen) atoms. The molecule has 0 aromatic heterocycles. The van der Waals surface area contributed by atoms with E-state index in [1.807, 2.05) is 32.0 Å². The molecule has 3 N–H and O–H groups in total. The van der Waals surface area contributed by atoms with E-state index in [1.54, 1.807) is 7.05 Å². The van der Waals surface area contributed by atoms with Gasteiger partial charge in [-0.2, -0.15) is 0 Å². The smallest absolute Gasteiger partial charge is 0.227 e. The van der Waals surface area contributed by atoms with Gasteiger partial charge in [0.1, 0.15) is 0 Å². The van der Waals surface area contributed by atoms with E-state index < -0.39 is 0 Å². The molecule has 1 amide bonds. The average molecular weight is 354 g/mol. The summed E-state index contributed by atoms with van der Waals surface area (Å²) >= 11 is 3.62. The Hall–Kier alpha value is -0.910. The highest BCUT2D eigenvalue weighted by Gasteiger charge is 2.43. The number of hydrogen-bond donors (Lipinski definition) is 2. The topological polar surface area (TPSA) is 58.4 Å². The fraction of sp³-hybridized carbons (Fsp3) is 0.562. The number of rotatable bonds is 4. The van der Waals surface area contributed by atoms with Gasteiger partial charge in [0.15, 0.2) is 0 Å². The lowest BCUT2D eigenvalue weighted by Gasteiger charge is -2.33. The highest BCUT2D eigenvalue weighted by Crippen LogP contribution is 2.38. The number of halogens is 1. The van der Waals surface area contributed by atoms with Crippen LogP contribution in [0.4, 0.5) is 0 Å². The molecule has 1 heterocycles. The molecule has 1 aromatic carbocycles. The van der Waals surface area contributed by atoms with Crippen molar-refractivity contribution in [2.24, 2.45) is 11.1 Å². The Labute approximate surface area is 135 Å². The number of nitrogens with one attached hydrogen (secondary N) is 1. The van der Waals surface area contributed by atoms with Gasteiger partial charge in [-0.3, -0.25) is 9.69 Å². The first-order valence-corrected chi connectivity index (χ1v) is 8.14. The molecular formula is C16H24BrN3O. The number of carbonyl (C=O) groups is 1. The molecule has 2 rings (SSSR count). The Balaban J connectivity index is 2.26. The summed E-state index contributed by atoms with van der Waals surface area (Å²) in [6, 6.07) is 8.29. The van der Waals surface area contributed by atoms with Gasteiger partial charge in [0.2, 0.25) is 5.91 Å². The van der Waals surface area contributed by atoms with Gasteiger partial charge in [-0.15, -0.1) is 0 Å². The van der Waals surface area contributed by atoms with Gasteiger partial charge in [-0.1, -0.05) is 34.1 Å². The molecule has 1 aliphatic rings. The second kappa shape index (κ2) is 6.46. The third-order valence-corrected chi connectivity index (χ3v) is 5.12.